The third-order valence-electron chi connectivity index (χ3n) is 25.4. The van der Waals surface area contributed by atoms with Crippen molar-refractivity contribution >= 4 is 164 Å². The average Bonchev–Trinajstić information content (AvgIpc) is 1.50. The minimum absolute atomic E-state index is 0.0106. The fraction of sp³-hybridized carbons (Fsp3) is 0.529. The van der Waals surface area contributed by atoms with Crippen LogP contribution in [0.2, 0.25) is 0 Å². The summed E-state index contributed by atoms with van der Waals surface area (Å²) in [4.78, 5) is 37.9. The van der Waals surface area contributed by atoms with E-state index in [0.29, 0.717) is 11.8 Å². The molecule has 2 aliphatic carbocycles. The van der Waals surface area contributed by atoms with Crippen molar-refractivity contribution in [3.8, 4) is 12.1 Å². The number of hydrogen-bond acceptors (Lipinski definition) is 11. The summed E-state index contributed by atoms with van der Waals surface area (Å²) in [6.45, 7) is 31.3. The van der Waals surface area contributed by atoms with Crippen LogP contribution in [-0.4, -0.2) is 29.4 Å². The second-order valence-corrected chi connectivity index (χ2v) is 38.8. The van der Waals surface area contributed by atoms with Gasteiger partial charge in [-0.3, -0.25) is 9.59 Å². The maximum Gasteiger partial charge on any atom is 0.270 e. The highest BCUT2D eigenvalue weighted by Gasteiger charge is 2.38. The van der Waals surface area contributed by atoms with E-state index in [1.54, 1.807) is 34.8 Å². The van der Waals surface area contributed by atoms with E-state index in [0.717, 1.165) is 184 Å². The molecule has 0 aliphatic heterocycles. The molecule has 19 heteroatoms. The van der Waals surface area contributed by atoms with Crippen LogP contribution in [0.4, 0.5) is 17.6 Å². The molecule has 2 aliphatic rings. The third-order valence-corrected chi connectivity index (χ3v) is 31.1. The normalized spacial score (nSPS) is 15.2. The van der Waals surface area contributed by atoms with Gasteiger partial charge < -0.3 is 9.13 Å². The molecule has 0 bridgehead atoms. The van der Waals surface area contributed by atoms with Crippen molar-refractivity contribution in [2.24, 2.45) is 11.8 Å². The molecule has 7 aromatic heterocycles. The van der Waals surface area contributed by atoms with Crippen LogP contribution in [0.5, 0.6) is 0 Å². The fourth-order valence-electron chi connectivity index (χ4n) is 18.9. The van der Waals surface area contributed by atoms with Gasteiger partial charge in [0.15, 0.2) is 34.8 Å². The quantitative estimate of drug-likeness (QED) is 0.0123. The summed E-state index contributed by atoms with van der Waals surface area (Å²) in [7, 11) is 0. The van der Waals surface area contributed by atoms with Gasteiger partial charge in [-0.1, -0.05) is 297 Å². The Morgan fingerprint density at radius 3 is 1.02 bits per heavy atom. The molecule has 7 heterocycles. The molecule has 0 fully saturated rings. The highest BCUT2D eigenvalue weighted by atomic mass is 32.1. The van der Waals surface area contributed by atoms with Crippen LogP contribution < -0.4 is 0 Å². The SMILES string of the molecule is [C-]#[N+]\C(C#N)=C1/C(=C/C=C/c2sc3c(sc4c5c6nsnc6c6c7sc8c(CCCCCCCCCCC)c(/C=C/C=C9\C(=O)c%10cc(F)c(F)cc%10\C9=C(\C#N)[N+]#[C-])sc8c7n(CC(CCCCCC)CCCCCCCC)c6c5n(CC(CCCCCC)CCCCCCCC)c34)c2CCCCCCCCCCC)C(=O)c2cc(F)c(F)cc21. The van der Waals surface area contributed by atoms with Crippen LogP contribution >= 0.6 is 57.1 Å². The Kier molecular flexibility index (Phi) is 35.0. The van der Waals surface area contributed by atoms with E-state index in [1.165, 1.54) is 240 Å². The highest BCUT2D eigenvalue weighted by Crippen LogP contribution is 2.56. The molecule has 10 aromatic rings. The number of ketones is 2. The van der Waals surface area contributed by atoms with Gasteiger partial charge in [0.2, 0.25) is 0 Å². The number of aromatic nitrogens is 4. The van der Waals surface area contributed by atoms with Crippen LogP contribution in [0.1, 0.15) is 364 Å². The Balaban J connectivity index is 1.12. The molecule has 640 valence electrons. The lowest BCUT2D eigenvalue weighted by Crippen LogP contribution is -2.14. The molecule has 3 aromatic carbocycles. The minimum atomic E-state index is -1.17. The largest absolute Gasteiger partial charge is 0.337 e. The first-order chi connectivity index (χ1) is 59.2. The number of carbonyl (C=O) groups excluding carboxylic acids is 2. The summed E-state index contributed by atoms with van der Waals surface area (Å²) in [6.07, 6.45) is 62.4. The summed E-state index contributed by atoms with van der Waals surface area (Å²) in [6, 6.07) is 7.51. The van der Waals surface area contributed by atoms with Gasteiger partial charge in [-0.2, -0.15) is 8.75 Å². The summed E-state index contributed by atoms with van der Waals surface area (Å²) < 4.78 is 84.2. The Morgan fingerprint density at radius 1 is 0.405 bits per heavy atom. The second-order valence-electron chi connectivity index (χ2n) is 34.2. The Labute approximate surface area is 735 Å². The standard InChI is InChI=1S/C102H122F4N8O2S5/c1-9-15-21-27-31-33-35-39-45-53-69-83(57-47-55-71-85(81(63-107)109-7)73-59-77(103)79(105)61-75(73)95(71)115)117-101-93-99(119-97(69)101)87-89-90(112-121-111-89)88-92(91(87)113(93)65-67(49-41-25-19-13-5)51-43-37-29-23-17-11-3)114(66-68(50-42-26-20-14-6)52-44-38-30-24-18-12-4)94-100(88)120-98-70(54-46-40-36-34-32-28-22-16-10-2)84(118-102(94)98)58-48-56-72-86(82(64-108)110-8)74-60-78(104)80(106)62-76(74)96(72)116/h47-48,55-62,67-68H,9-46,49-54,65-66H2,1-6H3/b57-47+,58-48+,71-55-,72-56-,85-81-,86-82+. The first-order valence-electron chi connectivity index (χ1n) is 46.2. The van der Waals surface area contributed by atoms with Crippen molar-refractivity contribution in [2.45, 2.75) is 337 Å². The number of Topliss-reactive ketones (excluding diaryl/α,β-unsaturated/α-hetero) is 2. The van der Waals surface area contributed by atoms with E-state index in [4.69, 9.17) is 21.9 Å². The molecule has 0 spiro atoms. The van der Waals surface area contributed by atoms with Crippen LogP contribution in [0, 0.1) is 70.9 Å². The summed E-state index contributed by atoms with van der Waals surface area (Å²) in [5.74, 6) is -5.08. The van der Waals surface area contributed by atoms with Crippen molar-refractivity contribution in [1.82, 2.24) is 17.9 Å². The van der Waals surface area contributed by atoms with Gasteiger partial charge in [0.05, 0.1) is 87.3 Å². The summed E-state index contributed by atoms with van der Waals surface area (Å²) in [5.41, 5.74) is 8.55. The zero-order valence-corrected chi connectivity index (χ0v) is 76.5. The van der Waals surface area contributed by atoms with E-state index in [-0.39, 0.29) is 55.9 Å². The van der Waals surface area contributed by atoms with Crippen LogP contribution in [0.3, 0.4) is 0 Å². The first kappa shape index (κ1) is 92.1. The Bertz CT molecular complexity index is 5310. The second kappa shape index (κ2) is 46.0. The van der Waals surface area contributed by atoms with Crippen LogP contribution in [-0.2, 0) is 25.9 Å². The molecule has 0 N–H and O–H groups in total. The number of halogens is 4. The Morgan fingerprint density at radius 2 is 0.702 bits per heavy atom. The Hall–Kier alpha value is -8.14. The van der Waals surface area contributed by atoms with E-state index >= 15 is 17.6 Å². The fourth-order valence-corrected chi connectivity index (χ4v) is 25.3. The number of thiophene rings is 4. The smallest absolute Gasteiger partial charge is 0.270 e. The lowest BCUT2D eigenvalue weighted by Gasteiger charge is -2.22. The molecular weight excluding hydrogens is 1610 g/mol. The maximum atomic E-state index is 15.1. The molecule has 10 nitrogen and oxygen atoms in total. The number of allylic oxidation sites excluding steroid dienone is 10. The van der Waals surface area contributed by atoms with E-state index in [1.807, 2.05) is 47.0 Å². The summed E-state index contributed by atoms with van der Waals surface area (Å²) in [5, 5.41) is 23.0. The lowest BCUT2D eigenvalue weighted by molar-refractivity contribution is 0.103. The molecule has 0 saturated carbocycles. The van der Waals surface area contributed by atoms with Gasteiger partial charge >= 0.3 is 0 Å². The molecule has 2 atom stereocenters. The molecule has 2 unspecified atom stereocenters. The van der Waals surface area contributed by atoms with Crippen molar-refractivity contribution in [1.29, 1.82) is 10.5 Å². The van der Waals surface area contributed by atoms with Gasteiger partial charge in [0.1, 0.15) is 11.0 Å². The van der Waals surface area contributed by atoms with Gasteiger partial charge in [-0.25, -0.2) is 37.8 Å². The molecule has 121 heavy (non-hydrogen) atoms. The maximum absolute atomic E-state index is 15.1. The zero-order chi connectivity index (χ0) is 85.3. The summed E-state index contributed by atoms with van der Waals surface area (Å²) >= 11 is 8.66. The number of carbonyl (C=O) groups is 2. The van der Waals surface area contributed by atoms with Crippen molar-refractivity contribution in [3.63, 3.8) is 0 Å². The highest BCUT2D eigenvalue weighted by molar-refractivity contribution is 7.34. The number of fused-ring (bicyclic) bond motifs is 16. The number of rotatable bonds is 52. The number of aryl methyl sites for hydroxylation is 2. The van der Waals surface area contributed by atoms with E-state index in [2.05, 4.69) is 72.5 Å². The van der Waals surface area contributed by atoms with Gasteiger partial charge in [0.25, 0.3) is 11.4 Å². The number of benzene rings is 3. The van der Waals surface area contributed by atoms with E-state index in [9.17, 15) is 20.1 Å². The van der Waals surface area contributed by atoms with E-state index < -0.39 is 34.8 Å². The third kappa shape index (κ3) is 21.3. The molecule has 12 rings (SSSR count). The molecule has 0 amide bonds. The van der Waals surface area contributed by atoms with Crippen LogP contribution in [0.15, 0.2) is 71.1 Å². The lowest BCUT2D eigenvalue weighted by atomic mass is 9.93. The van der Waals surface area contributed by atoms with Crippen molar-refractivity contribution in [2.75, 3.05) is 0 Å². The molecule has 0 saturated heterocycles. The monoisotopic (exact) mass is 1730 g/mol. The number of nitriles is 2. The number of unbranched alkanes of at least 4 members (excludes halogenated alkanes) is 32. The topological polar surface area (TPSA) is 126 Å². The zero-order valence-electron chi connectivity index (χ0n) is 72.4. The number of nitrogens with zero attached hydrogens (tertiary/aromatic N) is 8. The minimum Gasteiger partial charge on any atom is -0.337 e. The number of hydrogen-bond donors (Lipinski definition) is 0. The predicted octanol–water partition coefficient (Wildman–Crippen LogP) is 33.8. The average molecular weight is 1730 g/mol. The first-order valence-corrected chi connectivity index (χ1v) is 50.2. The van der Waals surface area contributed by atoms with Gasteiger partial charge in [-0.05, 0) is 122 Å². The van der Waals surface area contributed by atoms with Gasteiger partial charge in [0, 0.05) is 67.0 Å². The molecule has 0 radical (unpaired) electrons. The van der Waals surface area contributed by atoms with Gasteiger partial charge in [-0.15, -0.1) is 45.3 Å². The van der Waals surface area contributed by atoms with Crippen molar-refractivity contribution in [3.05, 3.63) is 160 Å². The molecular formula is C102H122F4N8O2S5. The van der Waals surface area contributed by atoms with Crippen molar-refractivity contribution < 1.29 is 27.2 Å². The predicted molar refractivity (Wildman–Crippen MR) is 506 cm³/mol. The van der Waals surface area contributed by atoms with Crippen LogP contribution in [0.25, 0.3) is 105 Å².